The highest BCUT2D eigenvalue weighted by atomic mass is 16.9. The summed E-state index contributed by atoms with van der Waals surface area (Å²) < 4.78 is 5.35. The Bertz CT molecular complexity index is 561. The van der Waals surface area contributed by atoms with Crippen LogP contribution in [0, 0.1) is 32.3 Å². The van der Waals surface area contributed by atoms with Gasteiger partial charge in [0, 0.05) is 6.54 Å². The Morgan fingerprint density at radius 1 is 1.23 bits per heavy atom. The largest absolute Gasteiger partial charge is 0.444 e. The summed E-state index contributed by atoms with van der Waals surface area (Å²) >= 11 is 0. The Kier molecular flexibility index (Phi) is 5.51. The summed E-state index contributed by atoms with van der Waals surface area (Å²) in [6.07, 6.45) is 4.36. The quantitative estimate of drug-likeness (QED) is 0.574. The first-order chi connectivity index (χ1) is 11.7. The lowest BCUT2D eigenvalue weighted by molar-refractivity contribution is -0.761. The highest BCUT2D eigenvalue weighted by Crippen LogP contribution is 2.62. The number of nitrogens with zero attached hydrogens (tertiary/aromatic N) is 1. The van der Waals surface area contributed by atoms with Gasteiger partial charge in [-0.05, 0) is 75.0 Å². The van der Waals surface area contributed by atoms with Crippen molar-refractivity contribution in [3.8, 4) is 0 Å². The third kappa shape index (κ3) is 5.48. The predicted octanol–water partition coefficient (Wildman–Crippen LogP) is 4.33. The van der Waals surface area contributed by atoms with Gasteiger partial charge in [-0.3, -0.25) is 0 Å². The molecule has 1 amide bonds. The van der Waals surface area contributed by atoms with E-state index in [4.69, 9.17) is 9.57 Å². The number of carbonyl (C=O) groups is 1. The molecule has 0 saturated heterocycles. The van der Waals surface area contributed by atoms with Crippen molar-refractivity contribution < 1.29 is 19.5 Å². The molecule has 0 aromatic heterocycles. The number of hydrogen-bond donors (Lipinski definition) is 1. The number of nitrogens with one attached hydrogen (secondary N) is 1. The lowest BCUT2D eigenvalue weighted by Crippen LogP contribution is -2.54. The van der Waals surface area contributed by atoms with Gasteiger partial charge in [-0.15, -0.1) is 10.1 Å². The van der Waals surface area contributed by atoms with E-state index in [0.717, 1.165) is 32.1 Å². The summed E-state index contributed by atoms with van der Waals surface area (Å²) in [5.41, 5.74) is -0.761. The minimum Gasteiger partial charge on any atom is -0.444 e. The van der Waals surface area contributed by atoms with Crippen molar-refractivity contribution in [3.63, 3.8) is 0 Å². The second-order valence-corrected chi connectivity index (χ2v) is 10.5. The van der Waals surface area contributed by atoms with Crippen molar-refractivity contribution in [2.45, 2.75) is 79.2 Å². The van der Waals surface area contributed by atoms with Gasteiger partial charge in [0.15, 0.2) is 0 Å². The van der Waals surface area contributed by atoms with E-state index in [1.165, 1.54) is 0 Å². The minimum absolute atomic E-state index is 0.111. The third-order valence-electron chi connectivity index (χ3n) is 5.61. The van der Waals surface area contributed by atoms with Crippen molar-refractivity contribution in [1.29, 1.82) is 0 Å². The number of hydrogen-bond acceptors (Lipinski definition) is 5. The molecule has 0 aromatic carbocycles. The number of carbonyl (C=O) groups excluding carboxylic acids is 1. The van der Waals surface area contributed by atoms with E-state index in [2.05, 4.69) is 26.1 Å². The molecule has 2 aliphatic carbocycles. The van der Waals surface area contributed by atoms with Crippen molar-refractivity contribution in [3.05, 3.63) is 10.1 Å². The lowest BCUT2D eigenvalue weighted by Gasteiger charge is -2.59. The van der Waals surface area contributed by atoms with Gasteiger partial charge < -0.3 is 14.9 Å². The third-order valence-corrected chi connectivity index (χ3v) is 5.61. The van der Waals surface area contributed by atoms with Gasteiger partial charge in [-0.1, -0.05) is 20.8 Å². The zero-order valence-electron chi connectivity index (χ0n) is 17.0. The van der Waals surface area contributed by atoms with E-state index in [9.17, 15) is 14.9 Å². The first-order valence-corrected chi connectivity index (χ1v) is 9.48. The molecule has 0 aromatic rings. The van der Waals surface area contributed by atoms with Crippen LogP contribution in [0.2, 0.25) is 0 Å². The van der Waals surface area contributed by atoms with Crippen molar-refractivity contribution in [2.24, 2.45) is 22.2 Å². The minimum atomic E-state index is -0.684. The van der Waals surface area contributed by atoms with Gasteiger partial charge in [0.25, 0.3) is 5.09 Å². The van der Waals surface area contributed by atoms with Crippen molar-refractivity contribution in [2.75, 3.05) is 13.2 Å². The molecule has 2 fully saturated rings. The molecule has 0 radical (unpaired) electrons. The summed E-state index contributed by atoms with van der Waals surface area (Å²) in [4.78, 5) is 27.7. The molecule has 7 heteroatoms. The molecule has 1 N–H and O–H groups in total. The van der Waals surface area contributed by atoms with Gasteiger partial charge >= 0.3 is 6.09 Å². The van der Waals surface area contributed by atoms with Crippen LogP contribution in [0.5, 0.6) is 0 Å². The molecule has 4 unspecified atom stereocenters. The smallest absolute Gasteiger partial charge is 0.407 e. The Labute approximate surface area is 156 Å². The summed E-state index contributed by atoms with van der Waals surface area (Å²) in [5.74, 6) is 0.521. The van der Waals surface area contributed by atoms with Crippen LogP contribution in [0.25, 0.3) is 0 Å². The number of rotatable bonds is 5. The second-order valence-electron chi connectivity index (χ2n) is 10.5. The summed E-state index contributed by atoms with van der Waals surface area (Å²) in [7, 11) is 0. The fraction of sp³-hybridized carbons (Fsp3) is 0.947. The average molecular weight is 370 g/mol. The average Bonchev–Trinajstić information content (AvgIpc) is 2.38. The highest BCUT2D eigenvalue weighted by molar-refractivity contribution is 5.67. The van der Waals surface area contributed by atoms with Gasteiger partial charge in [0.05, 0.1) is 0 Å². The SMILES string of the molecule is CC1CC2(C)CC(C)(CNC(=O)OC(C)(C)C)CC(CO[N+](=O)[O-])(C1)C2. The van der Waals surface area contributed by atoms with E-state index in [0.29, 0.717) is 12.5 Å². The monoisotopic (exact) mass is 370 g/mol. The maximum atomic E-state index is 12.1. The number of fused-ring (bicyclic) bond motifs is 2. The molecule has 2 aliphatic rings. The molecule has 2 saturated carbocycles. The molecule has 0 heterocycles. The maximum absolute atomic E-state index is 12.1. The molecular formula is C19H34N2O5. The van der Waals surface area contributed by atoms with Crippen LogP contribution in [0.1, 0.15) is 73.6 Å². The van der Waals surface area contributed by atoms with Crippen molar-refractivity contribution in [1.82, 2.24) is 5.32 Å². The van der Waals surface area contributed by atoms with E-state index in [1.54, 1.807) is 0 Å². The standard InChI is InChI=1S/C19H34N2O5/c1-14-7-17(5)9-18(6,12-20-15(22)26-16(2,3)4)11-19(8-14,10-17)13-25-21(23)24/h14H,7-13H2,1-6H3,(H,20,22). The van der Waals surface area contributed by atoms with E-state index in [1.807, 2.05) is 20.8 Å². The van der Waals surface area contributed by atoms with E-state index < -0.39 is 16.8 Å². The first-order valence-electron chi connectivity index (χ1n) is 9.48. The molecule has 0 aliphatic heterocycles. The van der Waals surface area contributed by atoms with Crippen LogP contribution in [-0.2, 0) is 9.57 Å². The molecular weight excluding hydrogens is 336 g/mol. The fourth-order valence-electron chi connectivity index (χ4n) is 6.05. The van der Waals surface area contributed by atoms with E-state index >= 15 is 0 Å². The normalized spacial score (nSPS) is 36.9. The molecule has 0 spiro atoms. The highest BCUT2D eigenvalue weighted by Gasteiger charge is 2.55. The Morgan fingerprint density at radius 2 is 1.88 bits per heavy atom. The van der Waals surface area contributed by atoms with Gasteiger partial charge in [0.1, 0.15) is 12.2 Å². The lowest BCUT2D eigenvalue weighted by atomic mass is 9.47. The van der Waals surface area contributed by atoms with Crippen LogP contribution >= 0.6 is 0 Å². The Balaban J connectivity index is 2.11. The zero-order valence-corrected chi connectivity index (χ0v) is 17.0. The predicted molar refractivity (Wildman–Crippen MR) is 98.1 cm³/mol. The second kappa shape index (κ2) is 6.89. The molecule has 7 nitrogen and oxygen atoms in total. The van der Waals surface area contributed by atoms with Gasteiger partial charge in [0.2, 0.25) is 0 Å². The summed E-state index contributed by atoms with van der Waals surface area (Å²) in [5, 5.41) is 13.0. The van der Waals surface area contributed by atoms with Crippen LogP contribution < -0.4 is 5.32 Å². The Hall–Kier alpha value is -1.53. The van der Waals surface area contributed by atoms with Gasteiger partial charge in [-0.25, -0.2) is 4.79 Å². The van der Waals surface area contributed by atoms with Crippen molar-refractivity contribution >= 4 is 6.09 Å². The molecule has 150 valence electrons. The van der Waals surface area contributed by atoms with E-state index in [-0.39, 0.29) is 22.9 Å². The Morgan fingerprint density at radius 3 is 2.46 bits per heavy atom. The van der Waals surface area contributed by atoms with Crippen LogP contribution in [0.4, 0.5) is 4.79 Å². The molecule has 4 atom stereocenters. The van der Waals surface area contributed by atoms with Gasteiger partial charge in [-0.2, -0.15) is 0 Å². The maximum Gasteiger partial charge on any atom is 0.407 e. The zero-order chi connectivity index (χ0) is 19.8. The first kappa shape index (κ1) is 20.8. The summed E-state index contributed by atoms with van der Waals surface area (Å²) in [6.45, 7) is 12.8. The number of amides is 1. The molecule has 26 heavy (non-hydrogen) atoms. The number of ether oxygens (including phenoxy) is 1. The number of alkyl carbamates (subject to hydrolysis) is 1. The topological polar surface area (TPSA) is 90.7 Å². The molecule has 2 rings (SSSR count). The van der Waals surface area contributed by atoms with Crippen LogP contribution in [0.15, 0.2) is 0 Å². The molecule has 2 bridgehead atoms. The summed E-state index contributed by atoms with van der Waals surface area (Å²) in [6, 6.07) is 0. The fourth-order valence-corrected chi connectivity index (χ4v) is 6.05. The van der Waals surface area contributed by atoms with Crippen LogP contribution in [-0.4, -0.2) is 29.9 Å². The van der Waals surface area contributed by atoms with Crippen LogP contribution in [0.3, 0.4) is 0 Å².